The van der Waals surface area contributed by atoms with Crippen LogP contribution in [0.4, 0.5) is 0 Å². The van der Waals surface area contributed by atoms with Gasteiger partial charge in [0.05, 0.1) is 4.90 Å². The van der Waals surface area contributed by atoms with Crippen LogP contribution in [-0.4, -0.2) is 54.6 Å². The van der Waals surface area contributed by atoms with E-state index in [0.717, 1.165) is 5.56 Å². The van der Waals surface area contributed by atoms with E-state index in [1.165, 1.54) is 11.4 Å². The van der Waals surface area contributed by atoms with Crippen LogP contribution in [0.15, 0.2) is 65.6 Å². The fraction of sp³-hybridized carbons (Fsp3) is 0.462. The van der Waals surface area contributed by atoms with Gasteiger partial charge in [0.15, 0.2) is 0 Å². The van der Waals surface area contributed by atoms with E-state index in [2.05, 4.69) is 5.32 Å². The van der Waals surface area contributed by atoms with Crippen molar-refractivity contribution in [3.8, 4) is 0 Å². The third-order valence-electron chi connectivity index (χ3n) is 5.39. The van der Waals surface area contributed by atoms with Crippen molar-refractivity contribution >= 4 is 21.8 Å². The number of rotatable bonds is 11. The van der Waals surface area contributed by atoms with Crippen molar-refractivity contribution in [3.63, 3.8) is 0 Å². The van der Waals surface area contributed by atoms with Gasteiger partial charge in [-0.3, -0.25) is 9.59 Å². The summed E-state index contributed by atoms with van der Waals surface area (Å²) >= 11 is 0. The van der Waals surface area contributed by atoms with Gasteiger partial charge in [0.2, 0.25) is 21.8 Å². The Labute approximate surface area is 204 Å². The van der Waals surface area contributed by atoms with E-state index >= 15 is 0 Å². The highest BCUT2D eigenvalue weighted by Gasteiger charge is 2.30. The minimum Gasteiger partial charge on any atom is -0.350 e. The first-order valence-electron chi connectivity index (χ1n) is 11.6. The van der Waals surface area contributed by atoms with Gasteiger partial charge in [0.25, 0.3) is 0 Å². The Morgan fingerprint density at radius 2 is 1.53 bits per heavy atom. The van der Waals surface area contributed by atoms with Gasteiger partial charge < -0.3 is 10.2 Å². The number of nitrogens with zero attached hydrogens (tertiary/aromatic N) is 2. The van der Waals surface area contributed by atoms with E-state index in [0.29, 0.717) is 19.4 Å². The number of hydrogen-bond acceptors (Lipinski definition) is 4. The van der Waals surface area contributed by atoms with E-state index in [1.54, 1.807) is 35.2 Å². The zero-order chi connectivity index (χ0) is 25.4. The Hall–Kier alpha value is -2.71. The summed E-state index contributed by atoms with van der Waals surface area (Å²) in [5.41, 5.74) is 0.516. The molecule has 1 N–H and O–H groups in total. The lowest BCUT2D eigenvalue weighted by molar-refractivity contribution is -0.142. The Bertz CT molecular complexity index is 1030. The molecule has 2 aromatic rings. The molecular formula is C26H37N3O4S. The second-order valence-corrected chi connectivity index (χ2v) is 11.5. The molecule has 0 heterocycles. The molecule has 2 amide bonds. The van der Waals surface area contributed by atoms with Crippen LogP contribution < -0.4 is 5.32 Å². The van der Waals surface area contributed by atoms with Crippen LogP contribution in [0, 0.1) is 0 Å². The zero-order valence-electron chi connectivity index (χ0n) is 20.8. The summed E-state index contributed by atoms with van der Waals surface area (Å²) in [6, 6.07) is 17.2. The molecule has 0 fully saturated rings. The van der Waals surface area contributed by atoms with Crippen LogP contribution in [0.1, 0.15) is 52.5 Å². The summed E-state index contributed by atoms with van der Waals surface area (Å²) in [5.74, 6) is -0.367. The van der Waals surface area contributed by atoms with Crippen molar-refractivity contribution in [1.82, 2.24) is 14.5 Å². The van der Waals surface area contributed by atoms with Crippen LogP contribution >= 0.6 is 0 Å². The Morgan fingerprint density at radius 1 is 0.971 bits per heavy atom. The van der Waals surface area contributed by atoms with Gasteiger partial charge in [-0.25, -0.2) is 12.7 Å². The van der Waals surface area contributed by atoms with Crippen molar-refractivity contribution in [2.75, 3.05) is 13.6 Å². The molecule has 0 saturated carbocycles. The lowest BCUT2D eigenvalue weighted by Gasteiger charge is -2.33. The summed E-state index contributed by atoms with van der Waals surface area (Å²) < 4.78 is 26.7. The molecule has 0 unspecified atom stereocenters. The first kappa shape index (κ1) is 27.5. The third kappa shape index (κ3) is 7.95. The molecule has 7 nitrogen and oxygen atoms in total. The van der Waals surface area contributed by atoms with Gasteiger partial charge in [-0.1, -0.05) is 55.5 Å². The number of sulfonamides is 1. The quantitative estimate of drug-likeness (QED) is 0.522. The normalized spacial score (nSPS) is 12.9. The van der Waals surface area contributed by atoms with Crippen molar-refractivity contribution < 1.29 is 18.0 Å². The molecule has 0 aliphatic carbocycles. The van der Waals surface area contributed by atoms with Crippen LogP contribution in [0.25, 0.3) is 0 Å². The highest BCUT2D eigenvalue weighted by Crippen LogP contribution is 2.17. The van der Waals surface area contributed by atoms with Crippen molar-refractivity contribution in [2.24, 2.45) is 0 Å². The van der Waals surface area contributed by atoms with Gasteiger partial charge in [-0.15, -0.1) is 0 Å². The fourth-order valence-electron chi connectivity index (χ4n) is 3.64. The van der Waals surface area contributed by atoms with E-state index in [1.807, 2.05) is 58.0 Å². The van der Waals surface area contributed by atoms with Crippen LogP contribution in [0.3, 0.4) is 0 Å². The molecule has 0 aliphatic heterocycles. The van der Waals surface area contributed by atoms with Crippen LogP contribution in [-0.2, 0) is 26.2 Å². The van der Waals surface area contributed by atoms with Gasteiger partial charge in [0.1, 0.15) is 6.04 Å². The van der Waals surface area contributed by atoms with E-state index in [4.69, 9.17) is 0 Å². The highest BCUT2D eigenvalue weighted by molar-refractivity contribution is 7.89. The van der Waals surface area contributed by atoms with Gasteiger partial charge in [0, 0.05) is 32.1 Å². The summed E-state index contributed by atoms with van der Waals surface area (Å²) in [6.07, 6.45) is 0.966. The first-order chi connectivity index (χ1) is 16.0. The minimum absolute atomic E-state index is 0.140. The first-order valence-corrected chi connectivity index (χ1v) is 13.1. The monoisotopic (exact) mass is 487 g/mol. The Morgan fingerprint density at radius 3 is 2.06 bits per heavy atom. The molecule has 0 spiro atoms. The smallest absolute Gasteiger partial charge is 0.243 e. The standard InChI is InChI=1S/C26H37N3O4S/c1-6-23(25(31)27-26(2,3)4)29(20-21-14-9-7-10-15-21)24(30)18-13-19-28(5)34(32,33)22-16-11-8-12-17-22/h7-12,14-17,23H,6,13,18-20H2,1-5H3,(H,27,31)/t23-/m1/s1. The number of nitrogens with one attached hydrogen (secondary N) is 1. The molecule has 2 aromatic carbocycles. The maximum absolute atomic E-state index is 13.3. The maximum atomic E-state index is 13.3. The fourth-order valence-corrected chi connectivity index (χ4v) is 4.87. The summed E-state index contributed by atoms with van der Waals surface area (Å²) in [4.78, 5) is 28.1. The molecule has 0 radical (unpaired) electrons. The van der Waals surface area contributed by atoms with Crippen molar-refractivity contribution in [1.29, 1.82) is 0 Å². The molecule has 8 heteroatoms. The number of carbonyl (C=O) groups excluding carboxylic acids is 2. The summed E-state index contributed by atoms with van der Waals surface area (Å²) in [5, 5.41) is 2.98. The molecule has 0 bridgehead atoms. The predicted molar refractivity (Wildman–Crippen MR) is 134 cm³/mol. The zero-order valence-corrected chi connectivity index (χ0v) is 21.6. The number of carbonyl (C=O) groups is 2. The van der Waals surface area contributed by atoms with E-state index in [-0.39, 0.29) is 29.7 Å². The second kappa shape index (κ2) is 12.1. The molecule has 0 saturated heterocycles. The molecule has 1 atom stereocenters. The number of hydrogen-bond donors (Lipinski definition) is 1. The van der Waals surface area contributed by atoms with Crippen molar-refractivity contribution in [3.05, 3.63) is 66.2 Å². The lowest BCUT2D eigenvalue weighted by atomic mass is 10.0. The molecular weight excluding hydrogens is 450 g/mol. The van der Waals surface area contributed by atoms with Crippen LogP contribution in [0.2, 0.25) is 0 Å². The van der Waals surface area contributed by atoms with Gasteiger partial charge in [-0.2, -0.15) is 0 Å². The topological polar surface area (TPSA) is 86.8 Å². The number of amides is 2. The highest BCUT2D eigenvalue weighted by atomic mass is 32.2. The maximum Gasteiger partial charge on any atom is 0.243 e. The lowest BCUT2D eigenvalue weighted by Crippen LogP contribution is -2.53. The van der Waals surface area contributed by atoms with Gasteiger partial charge >= 0.3 is 0 Å². The van der Waals surface area contributed by atoms with Crippen LogP contribution in [0.5, 0.6) is 0 Å². The number of benzene rings is 2. The largest absolute Gasteiger partial charge is 0.350 e. The van der Waals surface area contributed by atoms with Gasteiger partial charge in [-0.05, 0) is 51.3 Å². The summed E-state index contributed by atoms with van der Waals surface area (Å²) in [6.45, 7) is 8.12. The average molecular weight is 488 g/mol. The Balaban J connectivity index is 2.12. The SMILES string of the molecule is CC[C@H](C(=O)NC(C)(C)C)N(Cc1ccccc1)C(=O)CCCN(C)S(=O)(=O)c1ccccc1. The average Bonchev–Trinajstić information content (AvgIpc) is 2.78. The van der Waals surface area contributed by atoms with E-state index in [9.17, 15) is 18.0 Å². The molecule has 34 heavy (non-hydrogen) atoms. The molecule has 2 rings (SSSR count). The molecule has 0 aromatic heterocycles. The molecule has 0 aliphatic rings. The third-order valence-corrected chi connectivity index (χ3v) is 7.27. The summed E-state index contributed by atoms with van der Waals surface area (Å²) in [7, 11) is -2.10. The second-order valence-electron chi connectivity index (χ2n) is 9.41. The minimum atomic E-state index is -3.62. The Kier molecular flexibility index (Phi) is 9.82. The predicted octanol–water partition coefficient (Wildman–Crippen LogP) is 3.81. The van der Waals surface area contributed by atoms with E-state index < -0.39 is 21.6 Å². The van der Waals surface area contributed by atoms with Crippen molar-refractivity contribution in [2.45, 2.75) is 70.0 Å². The molecule has 186 valence electrons.